The van der Waals surface area contributed by atoms with Crippen molar-refractivity contribution in [3.05, 3.63) is 0 Å². The van der Waals surface area contributed by atoms with Crippen LogP contribution in [0.4, 0.5) is 0 Å². The number of nitrogens with zero attached hydrogens (tertiary/aromatic N) is 2. The second kappa shape index (κ2) is 6.42. The van der Waals surface area contributed by atoms with Gasteiger partial charge in [-0.2, -0.15) is 5.10 Å². The molecule has 1 aliphatic heterocycles. The maximum absolute atomic E-state index is 11.8. The molecule has 0 aromatic heterocycles. The Kier molecular flexibility index (Phi) is 5.18. The molecule has 0 radical (unpaired) electrons. The zero-order valence-corrected chi connectivity index (χ0v) is 10.3. The van der Waals surface area contributed by atoms with Crippen LogP contribution < -0.4 is 11.2 Å². The van der Waals surface area contributed by atoms with Gasteiger partial charge in [0, 0.05) is 18.8 Å². The molecule has 0 unspecified atom stereocenters. The van der Waals surface area contributed by atoms with Crippen LogP contribution in [0, 0.1) is 0 Å². The summed E-state index contributed by atoms with van der Waals surface area (Å²) in [7, 11) is 0. The first kappa shape index (κ1) is 12.9. The fourth-order valence-electron chi connectivity index (χ4n) is 1.66. The Morgan fingerprint density at radius 3 is 2.62 bits per heavy atom. The molecule has 16 heavy (non-hydrogen) atoms. The summed E-state index contributed by atoms with van der Waals surface area (Å²) in [6, 6.07) is 0. The zero-order chi connectivity index (χ0) is 12.0. The van der Waals surface area contributed by atoms with Gasteiger partial charge in [0.1, 0.15) is 0 Å². The summed E-state index contributed by atoms with van der Waals surface area (Å²) in [4.78, 5) is 13.7. The molecule has 0 aromatic rings. The second-order valence-corrected chi connectivity index (χ2v) is 4.38. The first-order valence-electron chi connectivity index (χ1n) is 5.46. The summed E-state index contributed by atoms with van der Waals surface area (Å²) < 4.78 is 0. The Balaban J connectivity index is 2.37. The van der Waals surface area contributed by atoms with Crippen molar-refractivity contribution in [2.24, 2.45) is 10.8 Å². The molecule has 1 aliphatic rings. The van der Waals surface area contributed by atoms with E-state index in [1.807, 2.05) is 4.90 Å². The van der Waals surface area contributed by atoms with Crippen molar-refractivity contribution >= 4 is 28.9 Å². The molecule has 0 saturated carbocycles. The Labute approximate surface area is 101 Å². The molecule has 1 rings (SSSR count). The smallest absolute Gasteiger partial charge is 0.228 e. The van der Waals surface area contributed by atoms with Gasteiger partial charge in [0.2, 0.25) is 5.91 Å². The lowest BCUT2D eigenvalue weighted by Crippen LogP contribution is -2.36. The molecule has 1 fully saturated rings. The SMILES string of the molecule is C/C(CC(=O)N1CCCCC1)=N\NC(N)=S. The van der Waals surface area contributed by atoms with Crippen LogP contribution >= 0.6 is 12.2 Å². The third-order valence-corrected chi connectivity index (χ3v) is 2.56. The number of piperidine rings is 1. The van der Waals surface area contributed by atoms with Gasteiger partial charge in [0.25, 0.3) is 0 Å². The van der Waals surface area contributed by atoms with Crippen LogP contribution in [0.1, 0.15) is 32.6 Å². The van der Waals surface area contributed by atoms with E-state index in [9.17, 15) is 4.79 Å². The van der Waals surface area contributed by atoms with Crippen molar-refractivity contribution in [1.82, 2.24) is 10.3 Å². The van der Waals surface area contributed by atoms with Crippen molar-refractivity contribution in [3.8, 4) is 0 Å². The topological polar surface area (TPSA) is 70.7 Å². The molecule has 0 aromatic carbocycles. The Morgan fingerprint density at radius 2 is 2.06 bits per heavy atom. The Hall–Kier alpha value is -1.17. The minimum Gasteiger partial charge on any atom is -0.375 e. The highest BCUT2D eigenvalue weighted by atomic mass is 32.1. The van der Waals surface area contributed by atoms with E-state index < -0.39 is 0 Å². The second-order valence-electron chi connectivity index (χ2n) is 3.94. The van der Waals surface area contributed by atoms with Crippen LogP contribution in [-0.4, -0.2) is 34.7 Å². The fourth-order valence-corrected chi connectivity index (χ4v) is 1.71. The fraction of sp³-hybridized carbons (Fsp3) is 0.700. The van der Waals surface area contributed by atoms with Crippen LogP contribution in [0.5, 0.6) is 0 Å². The van der Waals surface area contributed by atoms with E-state index >= 15 is 0 Å². The molecule has 1 amide bonds. The van der Waals surface area contributed by atoms with Crippen molar-refractivity contribution in [2.75, 3.05) is 13.1 Å². The summed E-state index contributed by atoms with van der Waals surface area (Å²) in [5, 5.41) is 4.03. The van der Waals surface area contributed by atoms with Gasteiger partial charge in [0.15, 0.2) is 5.11 Å². The van der Waals surface area contributed by atoms with Gasteiger partial charge in [-0.1, -0.05) is 0 Å². The van der Waals surface area contributed by atoms with Crippen LogP contribution in [-0.2, 0) is 4.79 Å². The van der Waals surface area contributed by atoms with Crippen molar-refractivity contribution in [2.45, 2.75) is 32.6 Å². The zero-order valence-electron chi connectivity index (χ0n) is 9.53. The molecular weight excluding hydrogens is 224 g/mol. The van der Waals surface area contributed by atoms with Crippen LogP contribution in [0.15, 0.2) is 5.10 Å². The number of rotatable bonds is 3. The molecule has 3 N–H and O–H groups in total. The molecule has 90 valence electrons. The van der Waals surface area contributed by atoms with Crippen molar-refractivity contribution in [3.63, 3.8) is 0 Å². The largest absolute Gasteiger partial charge is 0.375 e. The number of thiocarbonyl (C=S) groups is 1. The third kappa shape index (κ3) is 4.57. The molecule has 0 aliphatic carbocycles. The summed E-state index contributed by atoms with van der Waals surface area (Å²) in [5.74, 6) is 0.130. The third-order valence-electron chi connectivity index (χ3n) is 2.47. The summed E-state index contributed by atoms with van der Waals surface area (Å²) >= 11 is 4.62. The number of nitrogens with two attached hydrogens (primary N) is 1. The number of nitrogens with one attached hydrogen (secondary N) is 1. The van der Waals surface area contributed by atoms with Gasteiger partial charge >= 0.3 is 0 Å². The average Bonchev–Trinajstić information content (AvgIpc) is 2.27. The summed E-state index contributed by atoms with van der Waals surface area (Å²) in [6.45, 7) is 3.52. The van der Waals surface area contributed by atoms with E-state index in [0.717, 1.165) is 25.9 Å². The standard InChI is InChI=1S/C10H18N4OS/c1-8(12-13-10(11)16)7-9(15)14-5-3-2-4-6-14/h2-7H2,1H3,(H3,11,13,16)/b12-8+. The number of hydrogen-bond donors (Lipinski definition) is 2. The van der Waals surface area contributed by atoms with Crippen molar-refractivity contribution in [1.29, 1.82) is 0 Å². The average molecular weight is 242 g/mol. The Morgan fingerprint density at radius 1 is 1.44 bits per heavy atom. The van der Waals surface area contributed by atoms with E-state index in [0.29, 0.717) is 12.1 Å². The maximum atomic E-state index is 11.8. The van der Waals surface area contributed by atoms with E-state index in [1.54, 1.807) is 6.92 Å². The highest BCUT2D eigenvalue weighted by Crippen LogP contribution is 2.09. The molecule has 5 nitrogen and oxygen atoms in total. The molecule has 6 heteroatoms. The van der Waals surface area contributed by atoms with Crippen LogP contribution in [0.3, 0.4) is 0 Å². The van der Waals surface area contributed by atoms with Crippen molar-refractivity contribution < 1.29 is 4.79 Å². The van der Waals surface area contributed by atoms with E-state index in [-0.39, 0.29) is 11.0 Å². The number of hydrazone groups is 1. The van der Waals surface area contributed by atoms with Crippen LogP contribution in [0.2, 0.25) is 0 Å². The van der Waals surface area contributed by atoms with Gasteiger partial charge in [-0.25, -0.2) is 0 Å². The number of likely N-dealkylation sites (tertiary alicyclic amines) is 1. The number of hydrogen-bond acceptors (Lipinski definition) is 3. The number of carbonyl (C=O) groups is 1. The predicted molar refractivity (Wildman–Crippen MR) is 68.1 cm³/mol. The molecule has 1 saturated heterocycles. The lowest BCUT2D eigenvalue weighted by atomic mass is 10.1. The minimum atomic E-state index is 0.116. The highest BCUT2D eigenvalue weighted by molar-refractivity contribution is 7.80. The van der Waals surface area contributed by atoms with E-state index in [2.05, 4.69) is 22.7 Å². The maximum Gasteiger partial charge on any atom is 0.228 e. The van der Waals surface area contributed by atoms with E-state index in [4.69, 9.17) is 5.73 Å². The highest BCUT2D eigenvalue weighted by Gasteiger charge is 2.16. The number of carbonyl (C=O) groups excluding carboxylic acids is 1. The molecule has 0 atom stereocenters. The van der Waals surface area contributed by atoms with E-state index in [1.165, 1.54) is 6.42 Å². The minimum absolute atomic E-state index is 0.116. The van der Waals surface area contributed by atoms with Gasteiger partial charge in [-0.05, 0) is 38.4 Å². The lowest BCUT2D eigenvalue weighted by Gasteiger charge is -2.26. The predicted octanol–water partition coefficient (Wildman–Crippen LogP) is 0.598. The molecule has 0 bridgehead atoms. The monoisotopic (exact) mass is 242 g/mol. The van der Waals surface area contributed by atoms with Gasteiger partial charge in [-0.3, -0.25) is 10.2 Å². The van der Waals surface area contributed by atoms with Gasteiger partial charge in [0.05, 0.1) is 6.42 Å². The Bertz CT molecular complexity index is 297. The first-order chi connectivity index (χ1) is 7.59. The van der Waals surface area contributed by atoms with Crippen LogP contribution in [0.25, 0.3) is 0 Å². The lowest BCUT2D eigenvalue weighted by molar-refractivity contribution is -0.130. The quantitative estimate of drug-likeness (QED) is 0.432. The molecule has 1 heterocycles. The summed E-state index contributed by atoms with van der Waals surface area (Å²) in [5.41, 5.74) is 8.41. The molecular formula is C10H18N4OS. The number of amides is 1. The van der Waals surface area contributed by atoms with Gasteiger partial charge in [-0.15, -0.1) is 0 Å². The molecule has 0 spiro atoms. The van der Waals surface area contributed by atoms with Gasteiger partial charge < -0.3 is 10.6 Å². The normalized spacial score (nSPS) is 17.1. The first-order valence-corrected chi connectivity index (χ1v) is 5.87. The summed E-state index contributed by atoms with van der Waals surface area (Å²) in [6.07, 6.45) is 3.76.